The number of carbonyl (C=O) groups excluding carboxylic acids is 1. The summed E-state index contributed by atoms with van der Waals surface area (Å²) in [5.41, 5.74) is 2.78. The number of H-pyrrole nitrogens is 1. The average molecular weight is 334 g/mol. The number of esters is 1. The van der Waals surface area contributed by atoms with Crippen molar-refractivity contribution >= 4 is 12.0 Å². The highest BCUT2D eigenvalue weighted by Gasteiger charge is 2.08. The van der Waals surface area contributed by atoms with Gasteiger partial charge in [-0.15, -0.1) is 0 Å². The summed E-state index contributed by atoms with van der Waals surface area (Å²) in [7, 11) is 0. The number of rotatable bonds is 5. The van der Waals surface area contributed by atoms with E-state index in [1.165, 1.54) is 4.57 Å². The number of benzene rings is 2. The van der Waals surface area contributed by atoms with Crippen LogP contribution in [0.15, 0.2) is 71.7 Å². The zero-order valence-corrected chi connectivity index (χ0v) is 13.8. The summed E-state index contributed by atoms with van der Waals surface area (Å²) >= 11 is 0. The van der Waals surface area contributed by atoms with Crippen LogP contribution in [0, 0.1) is 6.92 Å². The molecule has 0 unspecified atom stereocenters. The van der Waals surface area contributed by atoms with Gasteiger partial charge in [-0.25, -0.2) is 9.59 Å². The lowest BCUT2D eigenvalue weighted by atomic mass is 10.2. The lowest BCUT2D eigenvalue weighted by Crippen LogP contribution is -2.16. The molecule has 0 aliphatic heterocycles. The molecule has 0 saturated carbocycles. The highest BCUT2D eigenvalue weighted by molar-refractivity contribution is 5.89. The predicted octanol–water partition coefficient (Wildman–Crippen LogP) is 3.34. The number of imidazole rings is 1. The predicted molar refractivity (Wildman–Crippen MR) is 96.9 cm³/mol. The highest BCUT2D eigenvalue weighted by Crippen LogP contribution is 2.11. The summed E-state index contributed by atoms with van der Waals surface area (Å²) in [6.07, 6.45) is 5.34. The number of aromatic amines is 1. The van der Waals surface area contributed by atoms with E-state index in [0.717, 1.165) is 11.3 Å². The first-order valence-electron chi connectivity index (χ1n) is 7.91. The summed E-state index contributed by atoms with van der Waals surface area (Å²) in [5, 5.41) is 0. The first-order valence-corrected chi connectivity index (χ1v) is 7.91. The van der Waals surface area contributed by atoms with Gasteiger partial charge in [0.2, 0.25) is 0 Å². The van der Waals surface area contributed by atoms with Gasteiger partial charge in [0.1, 0.15) is 6.61 Å². The van der Waals surface area contributed by atoms with Gasteiger partial charge in [0, 0.05) is 11.9 Å². The maximum Gasteiger partial charge on any atom is 0.338 e. The molecule has 3 aromatic rings. The van der Waals surface area contributed by atoms with Crippen molar-refractivity contribution in [1.29, 1.82) is 0 Å². The van der Waals surface area contributed by atoms with Gasteiger partial charge in [-0.05, 0) is 42.8 Å². The lowest BCUT2D eigenvalue weighted by Gasteiger charge is -2.06. The minimum atomic E-state index is -0.401. The van der Waals surface area contributed by atoms with Gasteiger partial charge < -0.3 is 9.72 Å². The van der Waals surface area contributed by atoms with Crippen molar-refractivity contribution in [3.8, 4) is 5.69 Å². The number of hydrogen-bond acceptors (Lipinski definition) is 3. The average Bonchev–Trinajstić information content (AvgIpc) is 2.98. The largest absolute Gasteiger partial charge is 0.458 e. The molecule has 3 rings (SSSR count). The molecule has 1 aromatic heterocycles. The van der Waals surface area contributed by atoms with E-state index in [4.69, 9.17) is 4.74 Å². The van der Waals surface area contributed by atoms with E-state index in [9.17, 15) is 9.59 Å². The van der Waals surface area contributed by atoms with Crippen LogP contribution in [0.1, 0.15) is 21.6 Å². The minimum Gasteiger partial charge on any atom is -0.458 e. The molecule has 0 aliphatic carbocycles. The highest BCUT2D eigenvalue weighted by atomic mass is 16.5. The maximum absolute atomic E-state index is 12.1. The number of ether oxygens (including phenoxy) is 1. The van der Waals surface area contributed by atoms with Gasteiger partial charge in [0.15, 0.2) is 0 Å². The summed E-state index contributed by atoms with van der Waals surface area (Å²) < 4.78 is 6.77. The van der Waals surface area contributed by atoms with Crippen molar-refractivity contribution in [3.63, 3.8) is 0 Å². The number of nitrogens with zero attached hydrogens (tertiary/aromatic N) is 1. The van der Waals surface area contributed by atoms with E-state index in [1.54, 1.807) is 36.5 Å². The second kappa shape index (κ2) is 7.49. The first kappa shape index (κ1) is 16.5. The van der Waals surface area contributed by atoms with Crippen molar-refractivity contribution in [3.05, 3.63) is 94.2 Å². The molecule has 5 heteroatoms. The van der Waals surface area contributed by atoms with E-state index >= 15 is 0 Å². The quantitative estimate of drug-likeness (QED) is 0.728. The molecule has 0 radical (unpaired) electrons. The van der Waals surface area contributed by atoms with Crippen LogP contribution in [0.2, 0.25) is 0 Å². The van der Waals surface area contributed by atoms with Crippen molar-refractivity contribution in [2.24, 2.45) is 0 Å². The van der Waals surface area contributed by atoms with Crippen LogP contribution < -0.4 is 5.69 Å². The lowest BCUT2D eigenvalue weighted by molar-refractivity contribution is 0.0550. The maximum atomic E-state index is 12.1. The standard InChI is InChI=1S/C20H18N2O3/c1-15-14-21-20(24)22(15)18-11-9-17(10-12-18)19(23)25-13-5-8-16-6-3-2-4-7-16/h2-12,14H,13H2,1H3,(H,21,24)/b8-5+. The number of nitrogens with one attached hydrogen (secondary N) is 1. The molecule has 1 N–H and O–H groups in total. The van der Waals surface area contributed by atoms with Crippen molar-refractivity contribution in [2.75, 3.05) is 6.61 Å². The number of hydrogen-bond donors (Lipinski definition) is 1. The number of carbonyl (C=O) groups is 1. The molecule has 126 valence electrons. The fourth-order valence-corrected chi connectivity index (χ4v) is 2.48. The van der Waals surface area contributed by atoms with Crippen LogP contribution in [-0.2, 0) is 4.74 Å². The van der Waals surface area contributed by atoms with Gasteiger partial charge in [0.05, 0.1) is 11.3 Å². The normalized spacial score (nSPS) is 10.9. The zero-order chi connectivity index (χ0) is 17.6. The SMILES string of the molecule is Cc1c[nH]c(=O)n1-c1ccc(C(=O)OC/C=C/c2ccccc2)cc1. The Morgan fingerprint density at radius 1 is 1.12 bits per heavy atom. The van der Waals surface area contributed by atoms with Gasteiger partial charge >= 0.3 is 11.7 Å². The fourth-order valence-electron chi connectivity index (χ4n) is 2.48. The molecule has 0 amide bonds. The van der Waals surface area contributed by atoms with Crippen LogP contribution in [-0.4, -0.2) is 22.1 Å². The van der Waals surface area contributed by atoms with Crippen LogP contribution in [0.25, 0.3) is 11.8 Å². The third kappa shape index (κ3) is 3.95. The molecule has 5 nitrogen and oxygen atoms in total. The molecule has 2 aromatic carbocycles. The molecule has 0 saturated heterocycles. The molecule has 25 heavy (non-hydrogen) atoms. The molecular weight excluding hydrogens is 316 g/mol. The van der Waals surface area contributed by atoms with Crippen molar-refractivity contribution in [1.82, 2.24) is 9.55 Å². The van der Waals surface area contributed by atoms with Crippen LogP contribution >= 0.6 is 0 Å². The molecule has 0 bridgehead atoms. The van der Waals surface area contributed by atoms with Gasteiger partial charge in [0.25, 0.3) is 0 Å². The Kier molecular flexibility index (Phi) is 4.95. The van der Waals surface area contributed by atoms with E-state index in [0.29, 0.717) is 11.3 Å². The Labute approximate surface area is 145 Å². The third-order valence-corrected chi connectivity index (χ3v) is 3.74. The van der Waals surface area contributed by atoms with Gasteiger partial charge in [-0.3, -0.25) is 4.57 Å². The van der Waals surface area contributed by atoms with E-state index in [-0.39, 0.29) is 12.3 Å². The Hall–Kier alpha value is -3.34. The van der Waals surface area contributed by atoms with Crippen molar-refractivity contribution in [2.45, 2.75) is 6.92 Å². The number of aryl methyl sites for hydroxylation is 1. The smallest absolute Gasteiger partial charge is 0.338 e. The summed E-state index contributed by atoms with van der Waals surface area (Å²) in [6.45, 7) is 2.03. The summed E-state index contributed by atoms with van der Waals surface area (Å²) in [4.78, 5) is 26.4. The van der Waals surface area contributed by atoms with E-state index in [2.05, 4.69) is 4.98 Å². The fraction of sp³-hybridized carbons (Fsp3) is 0.100. The molecule has 0 aliphatic rings. The van der Waals surface area contributed by atoms with Crippen molar-refractivity contribution < 1.29 is 9.53 Å². The molecule has 0 fully saturated rings. The minimum absolute atomic E-state index is 0.200. The topological polar surface area (TPSA) is 64.1 Å². The second-order valence-electron chi connectivity index (χ2n) is 5.53. The Morgan fingerprint density at radius 3 is 2.48 bits per heavy atom. The molecule has 0 atom stereocenters. The van der Waals surface area contributed by atoms with Gasteiger partial charge in [-0.2, -0.15) is 0 Å². The van der Waals surface area contributed by atoms with E-state index < -0.39 is 5.97 Å². The Balaban J connectivity index is 1.61. The molecular formula is C20H18N2O3. The first-order chi connectivity index (χ1) is 12.1. The molecule has 1 heterocycles. The summed E-state index contributed by atoms with van der Waals surface area (Å²) in [6, 6.07) is 16.5. The third-order valence-electron chi connectivity index (χ3n) is 3.74. The number of aromatic nitrogens is 2. The van der Waals surface area contributed by atoms with Crippen LogP contribution in [0.4, 0.5) is 0 Å². The van der Waals surface area contributed by atoms with Gasteiger partial charge in [-0.1, -0.05) is 36.4 Å². The summed E-state index contributed by atoms with van der Waals surface area (Å²) in [5.74, 6) is -0.401. The van der Waals surface area contributed by atoms with E-state index in [1.807, 2.05) is 43.3 Å². The second-order valence-corrected chi connectivity index (χ2v) is 5.53. The Morgan fingerprint density at radius 2 is 1.84 bits per heavy atom. The zero-order valence-electron chi connectivity index (χ0n) is 13.8. The van der Waals surface area contributed by atoms with Crippen LogP contribution in [0.5, 0.6) is 0 Å². The van der Waals surface area contributed by atoms with Crippen LogP contribution in [0.3, 0.4) is 0 Å². The Bertz CT molecular complexity index is 935. The molecule has 0 spiro atoms. The monoisotopic (exact) mass is 334 g/mol.